The summed E-state index contributed by atoms with van der Waals surface area (Å²) in [6, 6.07) is 25.2. The van der Waals surface area contributed by atoms with E-state index < -0.39 is 5.82 Å². The molecule has 4 nitrogen and oxygen atoms in total. The van der Waals surface area contributed by atoms with Crippen LogP contribution in [0.5, 0.6) is 0 Å². The lowest BCUT2D eigenvalue weighted by Gasteiger charge is -2.08. The highest BCUT2D eigenvalue weighted by Crippen LogP contribution is 2.23. The summed E-state index contributed by atoms with van der Waals surface area (Å²) in [4.78, 5) is 25.6. The van der Waals surface area contributed by atoms with Gasteiger partial charge in [0.25, 0.3) is 5.91 Å². The maximum Gasteiger partial charge on any atom is 0.255 e. The molecule has 7 heteroatoms. The molecule has 160 valence electrons. The largest absolute Gasteiger partial charge is 0.323 e. The van der Waals surface area contributed by atoms with Gasteiger partial charge in [-0.05, 0) is 65.4 Å². The van der Waals surface area contributed by atoms with Gasteiger partial charge in [-0.2, -0.15) is 0 Å². The van der Waals surface area contributed by atoms with Crippen LogP contribution in [0.2, 0.25) is 0 Å². The van der Waals surface area contributed by atoms with Gasteiger partial charge in [0.2, 0.25) is 5.91 Å². The van der Waals surface area contributed by atoms with E-state index in [-0.39, 0.29) is 23.3 Å². The van der Waals surface area contributed by atoms with E-state index in [1.807, 2.05) is 48.5 Å². The highest BCUT2D eigenvalue weighted by Gasteiger charge is 2.10. The van der Waals surface area contributed by atoms with Crippen LogP contribution in [0.3, 0.4) is 0 Å². The molecule has 2 amide bonds. The van der Waals surface area contributed by atoms with E-state index in [1.54, 1.807) is 24.3 Å². The maximum atomic E-state index is 13.8. The minimum absolute atomic E-state index is 0.137. The zero-order valence-electron chi connectivity index (χ0n) is 16.8. The van der Waals surface area contributed by atoms with Crippen molar-refractivity contribution < 1.29 is 14.0 Å². The van der Waals surface area contributed by atoms with Crippen LogP contribution in [0.1, 0.15) is 10.4 Å². The second kappa shape index (κ2) is 9.97. The summed E-state index contributed by atoms with van der Waals surface area (Å²) in [5.74, 6) is -0.848. The number of carbonyl (C=O) groups excluding carboxylic acids is 2. The summed E-state index contributed by atoms with van der Waals surface area (Å²) in [5.41, 5.74) is 1.39. The average molecular weight is 509 g/mol. The first-order valence-electron chi connectivity index (χ1n) is 9.76. The highest BCUT2D eigenvalue weighted by atomic mass is 79.9. The third kappa shape index (κ3) is 5.55. The summed E-state index contributed by atoms with van der Waals surface area (Å²) in [7, 11) is 0. The van der Waals surface area contributed by atoms with Crippen molar-refractivity contribution in [3.8, 4) is 0 Å². The fourth-order valence-corrected chi connectivity index (χ4v) is 4.13. The number of amides is 2. The van der Waals surface area contributed by atoms with Crippen LogP contribution in [0.25, 0.3) is 10.8 Å². The van der Waals surface area contributed by atoms with Gasteiger partial charge in [-0.25, -0.2) is 4.39 Å². The number of hydrogen-bond acceptors (Lipinski definition) is 3. The van der Waals surface area contributed by atoms with Crippen molar-refractivity contribution in [1.82, 2.24) is 0 Å². The van der Waals surface area contributed by atoms with Crippen LogP contribution in [-0.4, -0.2) is 17.6 Å². The Morgan fingerprint density at radius 3 is 2.34 bits per heavy atom. The smallest absolute Gasteiger partial charge is 0.255 e. The number of thioether (sulfide) groups is 1. The summed E-state index contributed by atoms with van der Waals surface area (Å²) >= 11 is 4.51. The molecule has 0 unspecified atom stereocenters. The first-order valence-corrected chi connectivity index (χ1v) is 11.5. The van der Waals surface area contributed by atoms with Crippen LogP contribution in [0.4, 0.5) is 15.8 Å². The van der Waals surface area contributed by atoms with Gasteiger partial charge in [0, 0.05) is 20.6 Å². The van der Waals surface area contributed by atoms with Gasteiger partial charge in [0.15, 0.2) is 0 Å². The number of nitrogens with one attached hydrogen (secondary N) is 2. The third-order valence-electron chi connectivity index (χ3n) is 4.70. The van der Waals surface area contributed by atoms with E-state index >= 15 is 0 Å². The molecule has 0 aromatic heterocycles. The van der Waals surface area contributed by atoms with Crippen molar-refractivity contribution in [3.05, 3.63) is 101 Å². The Kier molecular flexibility index (Phi) is 6.87. The topological polar surface area (TPSA) is 58.2 Å². The molecular formula is C25H18BrFN2O2S. The van der Waals surface area contributed by atoms with E-state index in [2.05, 4.69) is 26.6 Å². The van der Waals surface area contributed by atoms with Gasteiger partial charge >= 0.3 is 0 Å². The molecule has 0 atom stereocenters. The zero-order valence-corrected chi connectivity index (χ0v) is 19.2. The van der Waals surface area contributed by atoms with Crippen molar-refractivity contribution in [2.24, 2.45) is 0 Å². The van der Waals surface area contributed by atoms with E-state index in [0.29, 0.717) is 15.7 Å². The van der Waals surface area contributed by atoms with E-state index in [1.165, 1.54) is 23.9 Å². The molecule has 0 aliphatic heterocycles. The molecule has 4 aromatic rings. The number of hydrogen-bond donors (Lipinski definition) is 2. The van der Waals surface area contributed by atoms with Gasteiger partial charge in [-0.1, -0.05) is 46.3 Å². The Balaban J connectivity index is 1.32. The van der Waals surface area contributed by atoms with Crippen LogP contribution in [0, 0.1) is 5.82 Å². The predicted octanol–water partition coefficient (Wildman–Crippen LogP) is 6.72. The monoisotopic (exact) mass is 508 g/mol. The number of benzene rings is 4. The standard InChI is InChI=1S/C25H18BrFN2O2S/c26-19-7-12-23(22(27)14-19)29-24(30)15-32-21-10-8-20(9-11-21)28-25(31)18-6-5-16-3-1-2-4-17(16)13-18/h1-14H,15H2,(H,28,31)(H,29,30). The van der Waals surface area contributed by atoms with Crippen molar-refractivity contribution >= 4 is 61.7 Å². The number of rotatable bonds is 6. The Labute approximate surface area is 197 Å². The van der Waals surface area contributed by atoms with E-state index in [9.17, 15) is 14.0 Å². The van der Waals surface area contributed by atoms with Gasteiger partial charge in [0.05, 0.1) is 11.4 Å². The van der Waals surface area contributed by atoms with Crippen LogP contribution < -0.4 is 10.6 Å². The average Bonchev–Trinajstić information content (AvgIpc) is 2.80. The Bertz CT molecular complexity index is 1290. The fraction of sp³-hybridized carbons (Fsp3) is 0.0400. The molecule has 0 bridgehead atoms. The van der Waals surface area contributed by atoms with Crippen LogP contribution in [-0.2, 0) is 4.79 Å². The molecular weight excluding hydrogens is 491 g/mol. The lowest BCUT2D eigenvalue weighted by molar-refractivity contribution is -0.113. The minimum atomic E-state index is -0.496. The molecule has 0 spiro atoms. The molecule has 2 N–H and O–H groups in total. The van der Waals surface area contributed by atoms with Crippen LogP contribution in [0.15, 0.2) is 94.3 Å². The van der Waals surface area contributed by atoms with Crippen molar-refractivity contribution in [2.75, 3.05) is 16.4 Å². The molecule has 4 rings (SSSR count). The summed E-state index contributed by atoms with van der Waals surface area (Å²) in [6.45, 7) is 0. The van der Waals surface area contributed by atoms with Gasteiger partial charge in [0.1, 0.15) is 5.82 Å². The van der Waals surface area contributed by atoms with E-state index in [4.69, 9.17) is 0 Å². The minimum Gasteiger partial charge on any atom is -0.323 e. The molecule has 0 heterocycles. The molecule has 0 fully saturated rings. The number of halogens is 2. The first kappa shape index (κ1) is 22.0. The maximum absolute atomic E-state index is 13.8. The molecule has 0 radical (unpaired) electrons. The van der Waals surface area contributed by atoms with Crippen LogP contribution >= 0.6 is 27.7 Å². The fourth-order valence-electron chi connectivity index (χ4n) is 3.09. The van der Waals surface area contributed by atoms with Crippen molar-refractivity contribution in [2.45, 2.75) is 4.90 Å². The van der Waals surface area contributed by atoms with Gasteiger partial charge in [-0.3, -0.25) is 9.59 Å². The Morgan fingerprint density at radius 2 is 1.59 bits per heavy atom. The lowest BCUT2D eigenvalue weighted by atomic mass is 10.1. The summed E-state index contributed by atoms with van der Waals surface area (Å²) < 4.78 is 14.4. The summed E-state index contributed by atoms with van der Waals surface area (Å²) in [5, 5.41) is 7.54. The van der Waals surface area contributed by atoms with Gasteiger partial charge < -0.3 is 10.6 Å². The molecule has 0 aliphatic carbocycles. The number of fused-ring (bicyclic) bond motifs is 1. The Hall–Kier alpha value is -3.16. The molecule has 32 heavy (non-hydrogen) atoms. The van der Waals surface area contributed by atoms with Crippen molar-refractivity contribution in [1.29, 1.82) is 0 Å². The summed E-state index contributed by atoms with van der Waals surface area (Å²) in [6.07, 6.45) is 0. The molecule has 4 aromatic carbocycles. The zero-order chi connectivity index (χ0) is 22.5. The predicted molar refractivity (Wildman–Crippen MR) is 132 cm³/mol. The number of anilines is 2. The highest BCUT2D eigenvalue weighted by molar-refractivity contribution is 9.10. The lowest BCUT2D eigenvalue weighted by Crippen LogP contribution is -2.15. The molecule has 0 saturated carbocycles. The number of carbonyl (C=O) groups is 2. The third-order valence-corrected chi connectivity index (χ3v) is 6.20. The Morgan fingerprint density at radius 1 is 0.844 bits per heavy atom. The first-order chi connectivity index (χ1) is 15.5. The molecule has 0 aliphatic rings. The second-order valence-corrected chi connectivity index (χ2v) is 8.97. The van der Waals surface area contributed by atoms with E-state index in [0.717, 1.165) is 15.7 Å². The second-order valence-electron chi connectivity index (χ2n) is 7.00. The SMILES string of the molecule is O=C(CSc1ccc(NC(=O)c2ccc3ccccc3c2)cc1)Nc1ccc(Br)cc1F. The van der Waals surface area contributed by atoms with Crippen molar-refractivity contribution in [3.63, 3.8) is 0 Å². The quantitative estimate of drug-likeness (QED) is 0.284. The normalized spacial score (nSPS) is 10.7. The van der Waals surface area contributed by atoms with Gasteiger partial charge in [-0.15, -0.1) is 11.8 Å². The molecule has 0 saturated heterocycles.